The standard InChI is InChI=1S/C44H56N2O11/c1-13-22(5)43(53)45-34-35-29(19-28-18-21(4)14-16-46(28)35)31-32(39(34)51)38(50)26(9)41-33(31)42(52)44(11,57-41)55-17-15-30(54-12)23(6)40(56-27(10)47)25(8)37(49)24(7)36(48)20(2)3/h13-20,23-25,30,36-37,40,48-51H,1-12H3,(H,45,53)/b17-15+,22-13-/t23-,24+,25+,30?,36-,37+,40?,44-/m0/s1. The van der Waals surface area contributed by atoms with Crippen LogP contribution in [0.2, 0.25) is 0 Å². The maximum absolute atomic E-state index is 14.6. The maximum atomic E-state index is 14.6. The van der Waals surface area contributed by atoms with E-state index < -0.39 is 71.4 Å². The molecule has 0 aliphatic carbocycles. The Morgan fingerprint density at radius 2 is 1.63 bits per heavy atom. The SMILES string of the molecule is C/C=C(/C)C(=O)Nc1c(O)c2c(O)c(C)c3c(c2c2cc4cc(C)ccn4c12)C(=O)[C@@](C)(O/C=C/C(OC)[C@H](C)C(OC(C)=O)[C@H](C)[C@H](O)[C@H](C)[C@@H](O)C(C)C)O3. The van der Waals surface area contributed by atoms with Crippen molar-refractivity contribution in [2.75, 3.05) is 12.4 Å². The van der Waals surface area contributed by atoms with Gasteiger partial charge in [0.05, 0.1) is 41.0 Å². The first-order chi connectivity index (χ1) is 26.7. The molecule has 2 aromatic carbocycles. The number of aliphatic hydroxyl groups is 2. The van der Waals surface area contributed by atoms with Crippen molar-refractivity contribution in [3.05, 3.63) is 65.1 Å². The van der Waals surface area contributed by atoms with Gasteiger partial charge in [-0.1, -0.05) is 40.7 Å². The van der Waals surface area contributed by atoms with E-state index in [1.165, 1.54) is 27.2 Å². The van der Waals surface area contributed by atoms with E-state index in [1.54, 1.807) is 64.3 Å². The molecule has 0 spiro atoms. The highest BCUT2D eigenvalue weighted by molar-refractivity contribution is 6.29. The molecule has 1 aliphatic heterocycles. The second kappa shape index (κ2) is 16.4. The van der Waals surface area contributed by atoms with Crippen molar-refractivity contribution in [2.24, 2.45) is 23.7 Å². The van der Waals surface area contributed by atoms with Crippen LogP contribution in [0, 0.1) is 37.5 Å². The largest absolute Gasteiger partial charge is 0.507 e. The number of methoxy groups -OCH3 is 1. The number of carbonyl (C=O) groups excluding carboxylic acids is 3. The van der Waals surface area contributed by atoms with Gasteiger partial charge >= 0.3 is 11.8 Å². The molecule has 5 rings (SSSR count). The third-order valence-electron chi connectivity index (χ3n) is 11.5. The number of nitrogens with zero attached hydrogens (tertiary/aromatic N) is 1. The number of aromatic hydroxyl groups is 2. The van der Waals surface area contributed by atoms with Crippen LogP contribution in [0.15, 0.2) is 48.4 Å². The number of amides is 1. The number of esters is 1. The molecule has 2 aromatic heterocycles. The molecule has 4 aromatic rings. The molecule has 13 nitrogen and oxygen atoms in total. The van der Waals surface area contributed by atoms with Gasteiger partial charge in [0.1, 0.15) is 23.3 Å². The number of hydrogen-bond acceptors (Lipinski definition) is 11. The molecule has 0 fully saturated rings. The first-order valence-electron chi connectivity index (χ1n) is 19.2. The molecule has 5 N–H and O–H groups in total. The minimum Gasteiger partial charge on any atom is -0.507 e. The normalized spacial score (nSPS) is 19.7. The number of aliphatic hydroxyl groups excluding tert-OH is 2. The van der Waals surface area contributed by atoms with E-state index in [0.717, 1.165) is 11.1 Å². The summed E-state index contributed by atoms with van der Waals surface area (Å²) in [6.07, 6.45) is 2.90. The number of pyridine rings is 1. The van der Waals surface area contributed by atoms with Gasteiger partial charge in [-0.2, -0.15) is 0 Å². The summed E-state index contributed by atoms with van der Waals surface area (Å²) in [4.78, 5) is 40.0. The maximum Gasteiger partial charge on any atom is 0.312 e. The van der Waals surface area contributed by atoms with Crippen molar-refractivity contribution in [3.63, 3.8) is 0 Å². The van der Waals surface area contributed by atoms with Crippen LogP contribution in [0.25, 0.3) is 27.2 Å². The smallest absolute Gasteiger partial charge is 0.312 e. The Labute approximate surface area is 332 Å². The van der Waals surface area contributed by atoms with Crippen LogP contribution in [0.5, 0.6) is 17.2 Å². The van der Waals surface area contributed by atoms with Gasteiger partial charge in [-0.3, -0.25) is 14.4 Å². The average molecular weight is 789 g/mol. The highest BCUT2D eigenvalue weighted by Gasteiger charge is 2.49. The molecule has 308 valence electrons. The van der Waals surface area contributed by atoms with E-state index in [-0.39, 0.29) is 45.0 Å². The number of hydrogen-bond donors (Lipinski definition) is 5. The topological polar surface area (TPSA) is 185 Å². The minimum atomic E-state index is -1.93. The first-order valence-corrected chi connectivity index (χ1v) is 19.2. The zero-order chi connectivity index (χ0) is 42.4. The predicted octanol–water partition coefficient (Wildman–Crippen LogP) is 7.23. The Morgan fingerprint density at radius 3 is 2.23 bits per heavy atom. The number of Topliss-reactive ketones (excluding diaryl/α,β-unsaturated/α-hetero) is 1. The third-order valence-corrected chi connectivity index (χ3v) is 11.5. The molecule has 0 saturated carbocycles. The predicted molar refractivity (Wildman–Crippen MR) is 218 cm³/mol. The lowest BCUT2D eigenvalue weighted by Gasteiger charge is -2.37. The number of aromatic nitrogens is 1. The van der Waals surface area contributed by atoms with Crippen molar-refractivity contribution in [2.45, 2.75) is 106 Å². The van der Waals surface area contributed by atoms with Gasteiger partial charge in [-0.25, -0.2) is 0 Å². The molecule has 0 saturated heterocycles. The summed E-state index contributed by atoms with van der Waals surface area (Å²) in [6.45, 7) is 18.6. The summed E-state index contributed by atoms with van der Waals surface area (Å²) >= 11 is 0. The molecule has 8 atom stereocenters. The molecule has 13 heteroatoms. The van der Waals surface area contributed by atoms with Gasteiger partial charge in [0.2, 0.25) is 0 Å². The van der Waals surface area contributed by atoms with Gasteiger partial charge in [0.15, 0.2) is 5.75 Å². The van der Waals surface area contributed by atoms with Gasteiger partial charge in [-0.15, -0.1) is 0 Å². The minimum absolute atomic E-state index is 0.0344. The second-order valence-corrected chi connectivity index (χ2v) is 15.9. The van der Waals surface area contributed by atoms with Gasteiger partial charge in [0, 0.05) is 72.3 Å². The molecule has 57 heavy (non-hydrogen) atoms. The molecule has 3 heterocycles. The number of carbonyl (C=O) groups is 3. The number of benzene rings is 2. The number of rotatable bonds is 14. The number of aryl methyl sites for hydroxylation is 1. The van der Waals surface area contributed by atoms with Crippen LogP contribution in [-0.2, 0) is 23.8 Å². The number of nitrogens with one attached hydrogen (secondary N) is 1. The molecule has 0 radical (unpaired) electrons. The summed E-state index contributed by atoms with van der Waals surface area (Å²) < 4.78 is 25.6. The van der Waals surface area contributed by atoms with Crippen LogP contribution in [-0.4, -0.2) is 79.8 Å². The third kappa shape index (κ3) is 7.68. The lowest BCUT2D eigenvalue weighted by atomic mass is 9.78. The fourth-order valence-corrected chi connectivity index (χ4v) is 7.93. The number of phenolic OH excluding ortho intramolecular Hbond substituents is 2. The monoisotopic (exact) mass is 788 g/mol. The van der Waals surface area contributed by atoms with E-state index in [9.17, 15) is 34.8 Å². The van der Waals surface area contributed by atoms with Gasteiger partial charge in [-0.05, 0) is 63.5 Å². The van der Waals surface area contributed by atoms with E-state index in [0.29, 0.717) is 16.5 Å². The fourth-order valence-electron chi connectivity index (χ4n) is 7.93. The molecule has 1 amide bonds. The number of phenols is 2. The summed E-state index contributed by atoms with van der Waals surface area (Å²) in [7, 11) is 1.47. The lowest BCUT2D eigenvalue weighted by molar-refractivity contribution is -0.160. The fraction of sp³-hybridized carbons (Fsp3) is 0.477. The Morgan fingerprint density at radius 1 is 0.965 bits per heavy atom. The molecule has 1 aliphatic rings. The quantitative estimate of drug-likeness (QED) is 0.0376. The number of anilines is 1. The van der Waals surface area contributed by atoms with Crippen LogP contribution < -0.4 is 10.1 Å². The van der Waals surface area contributed by atoms with Gasteiger partial charge < -0.3 is 49.1 Å². The van der Waals surface area contributed by atoms with Crippen molar-refractivity contribution in [1.29, 1.82) is 0 Å². The number of allylic oxidation sites excluding steroid dienone is 1. The molecular formula is C44H56N2O11. The summed E-state index contributed by atoms with van der Waals surface area (Å²) in [5.41, 5.74) is 2.82. The number of fused-ring (bicyclic) bond motifs is 7. The average Bonchev–Trinajstić information content (AvgIpc) is 3.67. The summed E-state index contributed by atoms with van der Waals surface area (Å²) in [5.74, 6) is -5.94. The van der Waals surface area contributed by atoms with Crippen LogP contribution >= 0.6 is 0 Å². The number of ketones is 1. The molecular weight excluding hydrogens is 732 g/mol. The summed E-state index contributed by atoms with van der Waals surface area (Å²) in [5, 5.41) is 49.0. The van der Waals surface area contributed by atoms with E-state index >= 15 is 0 Å². The second-order valence-electron chi connectivity index (χ2n) is 15.9. The Kier molecular flexibility index (Phi) is 12.4. The van der Waals surface area contributed by atoms with Crippen LogP contribution in [0.3, 0.4) is 0 Å². The van der Waals surface area contributed by atoms with Gasteiger partial charge in [0.25, 0.3) is 11.7 Å². The van der Waals surface area contributed by atoms with E-state index in [2.05, 4.69) is 5.32 Å². The van der Waals surface area contributed by atoms with E-state index in [4.69, 9.17) is 18.9 Å². The highest BCUT2D eigenvalue weighted by Crippen LogP contribution is 2.54. The van der Waals surface area contributed by atoms with Crippen molar-refractivity contribution < 1.29 is 53.8 Å². The summed E-state index contributed by atoms with van der Waals surface area (Å²) in [6, 6.07) is 5.63. The molecule has 0 bridgehead atoms. The molecule has 2 unspecified atom stereocenters. The lowest BCUT2D eigenvalue weighted by Crippen LogP contribution is -2.46. The highest BCUT2D eigenvalue weighted by atomic mass is 16.7. The zero-order valence-corrected chi connectivity index (χ0v) is 34.8. The van der Waals surface area contributed by atoms with Crippen molar-refractivity contribution in [3.8, 4) is 17.2 Å². The van der Waals surface area contributed by atoms with Crippen LogP contribution in [0.4, 0.5) is 5.69 Å². The first kappa shape index (κ1) is 43.0. The number of ether oxygens (including phenoxy) is 4. The Hall–Kier alpha value is -5.11. The van der Waals surface area contributed by atoms with Crippen molar-refractivity contribution in [1.82, 2.24) is 4.40 Å². The van der Waals surface area contributed by atoms with Crippen molar-refractivity contribution >= 4 is 50.5 Å². The van der Waals surface area contributed by atoms with E-state index in [1.807, 2.05) is 39.0 Å². The van der Waals surface area contributed by atoms with Crippen LogP contribution in [0.1, 0.15) is 83.8 Å². The zero-order valence-electron chi connectivity index (χ0n) is 34.8. The Bertz CT molecular complexity index is 2290. The Balaban J connectivity index is 1.56.